The predicted molar refractivity (Wildman–Crippen MR) is 75.9 cm³/mol. The Hall–Kier alpha value is -1.55. The highest BCUT2D eigenvalue weighted by Gasteiger charge is 2.38. The zero-order valence-corrected chi connectivity index (χ0v) is 12.2. The first-order valence-corrected chi connectivity index (χ1v) is 7.01. The summed E-state index contributed by atoms with van der Waals surface area (Å²) in [6.07, 6.45) is 1.57. The lowest BCUT2D eigenvalue weighted by Crippen LogP contribution is -2.24. The number of carbonyl (C=O) groups is 1. The molecule has 0 aliphatic heterocycles. The number of benzene rings is 1. The van der Waals surface area contributed by atoms with Crippen LogP contribution < -0.4 is 4.74 Å². The summed E-state index contributed by atoms with van der Waals surface area (Å²) in [4.78, 5) is 11.3. The molecular weight excluding hydrogens is 256 g/mol. The smallest absolute Gasteiger partial charge is 0.306 e. The maximum absolute atomic E-state index is 11.3. The van der Waals surface area contributed by atoms with Gasteiger partial charge in [-0.15, -0.1) is 0 Å². The van der Waals surface area contributed by atoms with Gasteiger partial charge in [0.1, 0.15) is 5.75 Å². The van der Waals surface area contributed by atoms with Crippen LogP contribution in [0.5, 0.6) is 5.75 Å². The molecule has 20 heavy (non-hydrogen) atoms. The Labute approximate surface area is 119 Å². The number of aliphatic carboxylic acids is 1. The number of hydrogen-bond acceptors (Lipinski definition) is 3. The summed E-state index contributed by atoms with van der Waals surface area (Å²) in [6.45, 7) is 3.87. The van der Waals surface area contributed by atoms with Gasteiger partial charge in [-0.3, -0.25) is 4.79 Å². The van der Waals surface area contributed by atoms with E-state index in [0.29, 0.717) is 6.42 Å². The minimum atomic E-state index is -0.798. The largest absolute Gasteiger partial charge is 0.496 e. The van der Waals surface area contributed by atoms with Gasteiger partial charge in [0.25, 0.3) is 0 Å². The number of rotatable bonds is 4. The number of aliphatic hydroxyl groups excluding tert-OH is 1. The molecule has 1 fully saturated rings. The van der Waals surface area contributed by atoms with Gasteiger partial charge in [0.05, 0.1) is 19.1 Å². The highest BCUT2D eigenvalue weighted by Crippen LogP contribution is 2.41. The molecular formula is C16H22O4. The van der Waals surface area contributed by atoms with Crippen molar-refractivity contribution >= 4 is 5.97 Å². The second kappa shape index (κ2) is 5.83. The average Bonchev–Trinajstić information content (AvgIpc) is 2.86. The van der Waals surface area contributed by atoms with E-state index in [9.17, 15) is 15.0 Å². The van der Waals surface area contributed by atoms with E-state index in [1.807, 2.05) is 26.0 Å². The van der Waals surface area contributed by atoms with Crippen LogP contribution in [0.4, 0.5) is 0 Å². The summed E-state index contributed by atoms with van der Waals surface area (Å²) in [7, 11) is 1.63. The van der Waals surface area contributed by atoms with Crippen molar-refractivity contribution in [1.82, 2.24) is 0 Å². The first-order valence-electron chi connectivity index (χ1n) is 7.01. The highest BCUT2D eigenvalue weighted by molar-refractivity contribution is 5.70. The fraction of sp³-hybridized carbons (Fsp3) is 0.562. The Morgan fingerprint density at radius 1 is 1.30 bits per heavy atom. The Balaban J connectivity index is 2.29. The molecule has 110 valence electrons. The number of ether oxygens (including phenoxy) is 1. The van der Waals surface area contributed by atoms with Crippen LogP contribution in [0.25, 0.3) is 0 Å². The van der Waals surface area contributed by atoms with Crippen LogP contribution in [0.3, 0.4) is 0 Å². The van der Waals surface area contributed by atoms with Gasteiger partial charge in [0, 0.05) is 5.92 Å². The number of methoxy groups -OCH3 is 1. The van der Waals surface area contributed by atoms with Crippen molar-refractivity contribution in [3.8, 4) is 5.75 Å². The molecule has 0 saturated heterocycles. The summed E-state index contributed by atoms with van der Waals surface area (Å²) in [5.74, 6) is -0.608. The van der Waals surface area contributed by atoms with Crippen LogP contribution in [0, 0.1) is 25.7 Å². The van der Waals surface area contributed by atoms with Gasteiger partial charge in [0.15, 0.2) is 0 Å². The maximum atomic E-state index is 11.3. The molecule has 0 heterocycles. The van der Waals surface area contributed by atoms with Crippen LogP contribution in [0.2, 0.25) is 0 Å². The van der Waals surface area contributed by atoms with Crippen LogP contribution >= 0.6 is 0 Å². The van der Waals surface area contributed by atoms with Crippen molar-refractivity contribution < 1.29 is 19.7 Å². The number of carboxylic acids is 1. The van der Waals surface area contributed by atoms with Gasteiger partial charge in [-0.2, -0.15) is 0 Å². The lowest BCUT2D eigenvalue weighted by Gasteiger charge is -2.24. The third kappa shape index (κ3) is 2.66. The predicted octanol–water partition coefficient (Wildman–Crippen LogP) is 2.85. The van der Waals surface area contributed by atoms with Crippen molar-refractivity contribution in [3.05, 3.63) is 28.8 Å². The number of aliphatic hydroxyl groups is 1. The number of aryl methyl sites for hydroxylation is 2. The second-order valence-electron chi connectivity index (χ2n) is 5.67. The van der Waals surface area contributed by atoms with Gasteiger partial charge >= 0.3 is 5.97 Å². The van der Waals surface area contributed by atoms with Crippen molar-refractivity contribution in [2.45, 2.75) is 39.2 Å². The summed E-state index contributed by atoms with van der Waals surface area (Å²) in [5, 5.41) is 19.8. The van der Waals surface area contributed by atoms with Gasteiger partial charge in [-0.25, -0.2) is 0 Å². The molecule has 0 aromatic heterocycles. The van der Waals surface area contributed by atoms with E-state index in [1.165, 1.54) is 0 Å². The van der Waals surface area contributed by atoms with Gasteiger partial charge in [-0.05, 0) is 55.5 Å². The SMILES string of the molecule is COc1c(C)cc(C(O)C2CCCC2C(=O)O)cc1C. The molecule has 3 atom stereocenters. The normalized spacial score (nSPS) is 23.6. The fourth-order valence-electron chi connectivity index (χ4n) is 3.40. The zero-order valence-electron chi connectivity index (χ0n) is 12.2. The molecule has 0 amide bonds. The van der Waals surface area contributed by atoms with Crippen molar-refractivity contribution in [3.63, 3.8) is 0 Å². The molecule has 0 spiro atoms. The Morgan fingerprint density at radius 2 is 1.90 bits per heavy atom. The lowest BCUT2D eigenvalue weighted by atomic mass is 9.86. The second-order valence-corrected chi connectivity index (χ2v) is 5.67. The van der Waals surface area contributed by atoms with E-state index in [0.717, 1.165) is 35.3 Å². The monoisotopic (exact) mass is 278 g/mol. The van der Waals surface area contributed by atoms with Gasteiger partial charge < -0.3 is 14.9 Å². The van der Waals surface area contributed by atoms with Crippen molar-refractivity contribution in [2.24, 2.45) is 11.8 Å². The van der Waals surface area contributed by atoms with Crippen LogP contribution in [-0.4, -0.2) is 23.3 Å². The average molecular weight is 278 g/mol. The minimum Gasteiger partial charge on any atom is -0.496 e. The molecule has 1 aromatic carbocycles. The van der Waals surface area contributed by atoms with Crippen LogP contribution in [-0.2, 0) is 4.79 Å². The molecule has 3 unspecified atom stereocenters. The first-order chi connectivity index (χ1) is 9.45. The molecule has 1 aliphatic carbocycles. The molecule has 0 bridgehead atoms. The Morgan fingerprint density at radius 3 is 2.40 bits per heavy atom. The van der Waals surface area contributed by atoms with E-state index in [-0.39, 0.29) is 5.92 Å². The quantitative estimate of drug-likeness (QED) is 0.888. The molecule has 4 heteroatoms. The van der Waals surface area contributed by atoms with Crippen molar-refractivity contribution in [1.29, 1.82) is 0 Å². The van der Waals surface area contributed by atoms with E-state index >= 15 is 0 Å². The van der Waals surface area contributed by atoms with Crippen LogP contribution in [0.1, 0.15) is 42.1 Å². The lowest BCUT2D eigenvalue weighted by molar-refractivity contribution is -0.144. The van der Waals surface area contributed by atoms with E-state index in [1.54, 1.807) is 7.11 Å². The third-order valence-corrected chi connectivity index (χ3v) is 4.32. The topological polar surface area (TPSA) is 66.8 Å². The van der Waals surface area contributed by atoms with Gasteiger partial charge in [0.2, 0.25) is 0 Å². The third-order valence-electron chi connectivity index (χ3n) is 4.32. The first kappa shape index (κ1) is 14.9. The zero-order chi connectivity index (χ0) is 14.9. The van der Waals surface area contributed by atoms with Crippen LogP contribution in [0.15, 0.2) is 12.1 Å². The molecule has 0 radical (unpaired) electrons. The summed E-state index contributed by atoms with van der Waals surface area (Å²) in [5.41, 5.74) is 2.72. The molecule has 2 N–H and O–H groups in total. The van der Waals surface area contributed by atoms with E-state index in [4.69, 9.17) is 4.74 Å². The Bertz CT molecular complexity index is 486. The summed E-state index contributed by atoms with van der Waals surface area (Å²) >= 11 is 0. The Kier molecular flexibility index (Phi) is 4.33. The molecule has 1 aromatic rings. The standard InChI is InChI=1S/C16H22O4/c1-9-7-11(8-10(2)15(9)20-3)14(17)12-5-4-6-13(12)16(18)19/h7-8,12-14,17H,4-6H2,1-3H3,(H,18,19). The van der Waals surface area contributed by atoms with Crippen molar-refractivity contribution in [2.75, 3.05) is 7.11 Å². The highest BCUT2D eigenvalue weighted by atomic mass is 16.5. The molecule has 1 saturated carbocycles. The summed E-state index contributed by atoms with van der Waals surface area (Å²) < 4.78 is 5.32. The summed E-state index contributed by atoms with van der Waals surface area (Å²) in [6, 6.07) is 3.79. The minimum absolute atomic E-state index is 0.195. The number of carboxylic acid groups (broad SMARTS) is 1. The maximum Gasteiger partial charge on any atom is 0.306 e. The van der Waals surface area contributed by atoms with E-state index < -0.39 is 18.0 Å². The molecule has 2 rings (SSSR count). The molecule has 4 nitrogen and oxygen atoms in total. The van der Waals surface area contributed by atoms with E-state index in [2.05, 4.69) is 0 Å². The van der Waals surface area contributed by atoms with Gasteiger partial charge in [-0.1, -0.05) is 6.42 Å². The number of hydrogen-bond donors (Lipinski definition) is 2. The fourth-order valence-corrected chi connectivity index (χ4v) is 3.40. The molecule has 1 aliphatic rings.